The number of piperazine rings is 1. The second-order valence-corrected chi connectivity index (χ2v) is 6.68. The van der Waals surface area contributed by atoms with Gasteiger partial charge < -0.3 is 10.6 Å². The first-order valence-corrected chi connectivity index (χ1v) is 7.43. The van der Waals surface area contributed by atoms with Gasteiger partial charge in [0.15, 0.2) is 0 Å². The van der Waals surface area contributed by atoms with Gasteiger partial charge >= 0.3 is 0 Å². The van der Waals surface area contributed by atoms with E-state index in [9.17, 15) is 13.2 Å². The lowest BCUT2D eigenvalue weighted by atomic mass is 10.3. The standard InChI is InChI=1S/C11H14ClN3O3S/c1-14-4-5-15(7-11(14)16)19(17,18)10-6-8(12)2-3-9(10)13/h2-3,6H,4-5,7,13H2,1H3. The maximum absolute atomic E-state index is 12.4. The fraction of sp³-hybridized carbons (Fsp3) is 0.364. The van der Waals surface area contributed by atoms with Crippen LogP contribution in [0.4, 0.5) is 5.69 Å². The third-order valence-electron chi connectivity index (χ3n) is 3.02. The number of amides is 1. The lowest BCUT2D eigenvalue weighted by Gasteiger charge is -2.31. The molecule has 0 spiro atoms. The number of sulfonamides is 1. The number of benzene rings is 1. The van der Waals surface area contributed by atoms with Crippen molar-refractivity contribution in [2.75, 3.05) is 32.4 Å². The highest BCUT2D eigenvalue weighted by atomic mass is 35.5. The first-order valence-electron chi connectivity index (χ1n) is 5.61. The number of likely N-dealkylation sites (N-methyl/N-ethyl adjacent to an activating group) is 1. The van der Waals surface area contributed by atoms with Crippen molar-refractivity contribution in [2.24, 2.45) is 0 Å². The normalized spacial score (nSPS) is 17.8. The van der Waals surface area contributed by atoms with Crippen LogP contribution in [0.1, 0.15) is 0 Å². The molecule has 8 heteroatoms. The summed E-state index contributed by atoms with van der Waals surface area (Å²) >= 11 is 5.80. The minimum atomic E-state index is -3.80. The predicted octanol–water partition coefficient (Wildman–Crippen LogP) is 0.385. The zero-order valence-electron chi connectivity index (χ0n) is 10.3. The van der Waals surface area contributed by atoms with E-state index in [2.05, 4.69) is 0 Å². The molecule has 2 rings (SSSR count). The molecule has 1 aromatic carbocycles. The quantitative estimate of drug-likeness (QED) is 0.801. The Kier molecular flexibility index (Phi) is 3.71. The summed E-state index contributed by atoms with van der Waals surface area (Å²) in [6, 6.07) is 4.26. The van der Waals surface area contributed by atoms with Gasteiger partial charge in [-0.05, 0) is 18.2 Å². The molecule has 1 amide bonds. The van der Waals surface area contributed by atoms with E-state index in [1.54, 1.807) is 7.05 Å². The molecule has 6 nitrogen and oxygen atoms in total. The van der Waals surface area contributed by atoms with Crippen LogP contribution < -0.4 is 5.73 Å². The number of carbonyl (C=O) groups is 1. The first-order chi connectivity index (χ1) is 8.82. The van der Waals surface area contributed by atoms with Crippen LogP contribution in [-0.4, -0.2) is 50.2 Å². The van der Waals surface area contributed by atoms with Crippen LogP contribution in [0.3, 0.4) is 0 Å². The van der Waals surface area contributed by atoms with Crippen molar-refractivity contribution >= 4 is 33.2 Å². The molecule has 2 N–H and O–H groups in total. The van der Waals surface area contributed by atoms with E-state index < -0.39 is 10.0 Å². The molecule has 104 valence electrons. The minimum Gasteiger partial charge on any atom is -0.398 e. The van der Waals surface area contributed by atoms with E-state index in [4.69, 9.17) is 17.3 Å². The smallest absolute Gasteiger partial charge is 0.245 e. The second kappa shape index (κ2) is 4.99. The van der Waals surface area contributed by atoms with E-state index in [-0.39, 0.29) is 34.6 Å². The molecular formula is C11H14ClN3O3S. The van der Waals surface area contributed by atoms with Gasteiger partial charge in [0, 0.05) is 25.2 Å². The molecule has 0 atom stereocenters. The number of rotatable bonds is 2. The highest BCUT2D eigenvalue weighted by Gasteiger charge is 2.32. The van der Waals surface area contributed by atoms with Gasteiger partial charge in [0.2, 0.25) is 15.9 Å². The lowest BCUT2D eigenvalue weighted by molar-refractivity contribution is -0.132. The number of nitrogen functional groups attached to an aromatic ring is 1. The largest absolute Gasteiger partial charge is 0.398 e. The Labute approximate surface area is 116 Å². The van der Waals surface area contributed by atoms with Gasteiger partial charge in [-0.1, -0.05) is 11.6 Å². The van der Waals surface area contributed by atoms with Crippen LogP contribution in [-0.2, 0) is 14.8 Å². The molecule has 1 fully saturated rings. The maximum atomic E-state index is 12.4. The van der Waals surface area contributed by atoms with E-state index in [0.29, 0.717) is 6.54 Å². The third-order valence-corrected chi connectivity index (χ3v) is 5.15. The molecule has 0 radical (unpaired) electrons. The van der Waals surface area contributed by atoms with Crippen molar-refractivity contribution in [3.8, 4) is 0 Å². The summed E-state index contributed by atoms with van der Waals surface area (Å²) in [6.45, 7) is 0.430. The minimum absolute atomic E-state index is 0.0580. The van der Waals surface area contributed by atoms with Gasteiger partial charge in [-0.15, -0.1) is 0 Å². The molecule has 19 heavy (non-hydrogen) atoms. The molecule has 1 saturated heterocycles. The molecule has 1 aliphatic heterocycles. The maximum Gasteiger partial charge on any atom is 0.245 e. The topological polar surface area (TPSA) is 83.7 Å². The molecular weight excluding hydrogens is 290 g/mol. The van der Waals surface area contributed by atoms with Crippen molar-refractivity contribution in [1.29, 1.82) is 0 Å². The highest BCUT2D eigenvalue weighted by molar-refractivity contribution is 7.89. The first kappa shape index (κ1) is 14.1. The number of hydrogen-bond donors (Lipinski definition) is 1. The Bertz CT molecular complexity index is 618. The van der Waals surface area contributed by atoms with E-state index in [1.807, 2.05) is 0 Å². The van der Waals surface area contributed by atoms with E-state index >= 15 is 0 Å². The SMILES string of the molecule is CN1CCN(S(=O)(=O)c2cc(Cl)ccc2N)CC1=O. The molecule has 0 aromatic heterocycles. The van der Waals surface area contributed by atoms with Crippen LogP contribution >= 0.6 is 11.6 Å². The molecule has 0 saturated carbocycles. The summed E-state index contributed by atoms with van der Waals surface area (Å²) in [5.74, 6) is -0.240. The van der Waals surface area contributed by atoms with E-state index in [0.717, 1.165) is 4.31 Å². The average molecular weight is 304 g/mol. The Balaban J connectivity index is 2.37. The number of nitrogens with zero attached hydrogens (tertiary/aromatic N) is 2. The van der Waals surface area contributed by atoms with Crippen LogP contribution in [0.15, 0.2) is 23.1 Å². The summed E-state index contributed by atoms with van der Waals surface area (Å²) in [6.07, 6.45) is 0. The molecule has 0 bridgehead atoms. The summed E-state index contributed by atoms with van der Waals surface area (Å²) in [5.41, 5.74) is 5.81. The average Bonchev–Trinajstić information content (AvgIpc) is 2.35. The monoisotopic (exact) mass is 303 g/mol. The van der Waals surface area contributed by atoms with Crippen LogP contribution in [0.5, 0.6) is 0 Å². The summed E-state index contributed by atoms with van der Waals surface area (Å²) in [4.78, 5) is 13.0. The van der Waals surface area contributed by atoms with Crippen LogP contribution in [0.2, 0.25) is 5.02 Å². The summed E-state index contributed by atoms with van der Waals surface area (Å²) < 4.78 is 26.0. The number of carbonyl (C=O) groups excluding carboxylic acids is 1. The lowest BCUT2D eigenvalue weighted by Crippen LogP contribution is -2.50. The molecule has 1 aliphatic rings. The van der Waals surface area contributed by atoms with Gasteiger partial charge in [-0.2, -0.15) is 4.31 Å². The van der Waals surface area contributed by atoms with Crippen molar-refractivity contribution in [3.63, 3.8) is 0 Å². The van der Waals surface area contributed by atoms with Crippen molar-refractivity contribution < 1.29 is 13.2 Å². The van der Waals surface area contributed by atoms with Crippen molar-refractivity contribution in [3.05, 3.63) is 23.2 Å². The van der Waals surface area contributed by atoms with Gasteiger partial charge in [-0.25, -0.2) is 8.42 Å². The molecule has 1 aromatic rings. The summed E-state index contributed by atoms with van der Waals surface area (Å²) in [7, 11) is -2.16. The van der Waals surface area contributed by atoms with Gasteiger partial charge in [0.1, 0.15) is 4.90 Å². The van der Waals surface area contributed by atoms with Crippen molar-refractivity contribution in [2.45, 2.75) is 4.90 Å². The molecule has 0 unspecified atom stereocenters. The number of nitrogens with two attached hydrogens (primary N) is 1. The number of anilines is 1. The highest BCUT2D eigenvalue weighted by Crippen LogP contribution is 2.26. The number of hydrogen-bond acceptors (Lipinski definition) is 4. The fourth-order valence-corrected chi connectivity index (χ4v) is 3.57. The Morgan fingerprint density at radius 2 is 2.00 bits per heavy atom. The summed E-state index contributed by atoms with van der Waals surface area (Å²) in [5, 5.41) is 0.285. The second-order valence-electron chi connectivity index (χ2n) is 4.34. The molecule has 1 heterocycles. The van der Waals surface area contributed by atoms with Gasteiger partial charge in [-0.3, -0.25) is 4.79 Å². The third kappa shape index (κ3) is 2.68. The Morgan fingerprint density at radius 3 is 2.63 bits per heavy atom. The predicted molar refractivity (Wildman–Crippen MR) is 72.3 cm³/mol. The van der Waals surface area contributed by atoms with Gasteiger partial charge in [0.25, 0.3) is 0 Å². The Hall–Kier alpha value is -1.31. The van der Waals surface area contributed by atoms with Crippen molar-refractivity contribution in [1.82, 2.24) is 9.21 Å². The fourth-order valence-electron chi connectivity index (χ4n) is 1.81. The van der Waals surface area contributed by atoms with Crippen LogP contribution in [0.25, 0.3) is 0 Å². The Morgan fingerprint density at radius 1 is 1.32 bits per heavy atom. The molecule has 0 aliphatic carbocycles. The number of halogens is 1. The van der Waals surface area contributed by atoms with Crippen LogP contribution in [0, 0.1) is 0 Å². The zero-order valence-corrected chi connectivity index (χ0v) is 11.9. The van der Waals surface area contributed by atoms with E-state index in [1.165, 1.54) is 23.1 Å². The zero-order chi connectivity index (χ0) is 14.2. The van der Waals surface area contributed by atoms with Gasteiger partial charge in [0.05, 0.1) is 12.2 Å².